The van der Waals surface area contributed by atoms with Crippen LogP contribution >= 0.6 is 12.2 Å². The minimum absolute atomic E-state index is 0.398. The lowest BCUT2D eigenvalue weighted by atomic mass is 10.2. The number of pyridine rings is 1. The van der Waals surface area contributed by atoms with Crippen LogP contribution in [-0.2, 0) is 0 Å². The van der Waals surface area contributed by atoms with Gasteiger partial charge in [-0.1, -0.05) is 0 Å². The van der Waals surface area contributed by atoms with Gasteiger partial charge >= 0.3 is 0 Å². The number of aromatic amines is 1. The van der Waals surface area contributed by atoms with Crippen LogP contribution in [0.5, 0.6) is 0 Å². The van der Waals surface area contributed by atoms with Crippen LogP contribution in [0.25, 0.3) is 11.4 Å². The third-order valence-corrected chi connectivity index (χ3v) is 2.15. The highest BCUT2D eigenvalue weighted by molar-refractivity contribution is 7.71. The van der Waals surface area contributed by atoms with Gasteiger partial charge < -0.3 is 5.84 Å². The van der Waals surface area contributed by atoms with E-state index in [1.807, 2.05) is 19.1 Å². The Bertz CT molecular complexity index is 512. The summed E-state index contributed by atoms with van der Waals surface area (Å²) in [5, 5.41) is 6.64. The molecule has 0 fully saturated rings. The molecule has 2 aromatic rings. The smallest absolute Gasteiger partial charge is 0.214 e. The molecule has 0 amide bonds. The van der Waals surface area contributed by atoms with E-state index in [1.54, 1.807) is 6.20 Å². The van der Waals surface area contributed by atoms with Gasteiger partial charge in [-0.3, -0.25) is 4.98 Å². The Morgan fingerprint density at radius 2 is 2.36 bits per heavy atom. The number of nitrogen functional groups attached to an aromatic ring is 1. The van der Waals surface area contributed by atoms with Gasteiger partial charge in [-0.05, 0) is 31.3 Å². The lowest BCUT2D eigenvalue weighted by Gasteiger charge is -2.00. The maximum Gasteiger partial charge on any atom is 0.214 e. The van der Waals surface area contributed by atoms with Gasteiger partial charge in [0, 0.05) is 17.5 Å². The van der Waals surface area contributed by atoms with Crippen molar-refractivity contribution in [2.24, 2.45) is 0 Å². The number of nitrogens with one attached hydrogen (secondary N) is 1. The van der Waals surface area contributed by atoms with E-state index in [0.29, 0.717) is 10.6 Å². The highest BCUT2D eigenvalue weighted by Crippen LogP contribution is 2.14. The summed E-state index contributed by atoms with van der Waals surface area (Å²) in [6, 6.07) is 3.73. The van der Waals surface area contributed by atoms with Gasteiger partial charge in [0.1, 0.15) is 0 Å². The molecule has 72 valence electrons. The topological polar surface area (TPSA) is 72.5 Å². The molecule has 5 nitrogen and oxygen atoms in total. The summed E-state index contributed by atoms with van der Waals surface area (Å²) in [6.45, 7) is 1.91. The van der Waals surface area contributed by atoms with Crippen molar-refractivity contribution in [2.45, 2.75) is 6.92 Å². The van der Waals surface area contributed by atoms with Crippen molar-refractivity contribution in [3.05, 3.63) is 28.8 Å². The van der Waals surface area contributed by atoms with E-state index in [1.165, 1.54) is 4.68 Å². The number of nitrogens with two attached hydrogens (primary N) is 1. The molecular formula is C8H9N5S. The van der Waals surface area contributed by atoms with Gasteiger partial charge in [0.15, 0.2) is 5.82 Å². The van der Waals surface area contributed by atoms with Crippen molar-refractivity contribution >= 4 is 12.2 Å². The zero-order valence-corrected chi connectivity index (χ0v) is 8.38. The third-order valence-electron chi connectivity index (χ3n) is 1.86. The average Bonchev–Trinajstić information content (AvgIpc) is 2.48. The molecule has 0 unspecified atom stereocenters. The van der Waals surface area contributed by atoms with E-state index in [9.17, 15) is 0 Å². The minimum Gasteiger partial charge on any atom is -0.335 e. The number of hydrogen-bond donors (Lipinski definition) is 2. The number of hydrogen-bond acceptors (Lipinski definition) is 4. The summed E-state index contributed by atoms with van der Waals surface area (Å²) in [5.41, 5.74) is 1.81. The normalized spacial score (nSPS) is 10.4. The summed E-state index contributed by atoms with van der Waals surface area (Å²) in [7, 11) is 0. The molecule has 14 heavy (non-hydrogen) atoms. The second-order valence-electron chi connectivity index (χ2n) is 2.91. The Balaban J connectivity index is 2.60. The summed E-state index contributed by atoms with van der Waals surface area (Å²) in [4.78, 5) is 4.09. The van der Waals surface area contributed by atoms with E-state index in [-0.39, 0.29) is 0 Å². The Morgan fingerprint density at radius 1 is 1.57 bits per heavy atom. The summed E-state index contributed by atoms with van der Waals surface area (Å²) < 4.78 is 1.74. The van der Waals surface area contributed by atoms with Gasteiger partial charge in [-0.25, -0.2) is 9.77 Å². The van der Waals surface area contributed by atoms with Gasteiger partial charge in [0.25, 0.3) is 0 Å². The van der Waals surface area contributed by atoms with Gasteiger partial charge in [-0.2, -0.15) is 5.10 Å². The molecule has 2 heterocycles. The fourth-order valence-corrected chi connectivity index (χ4v) is 1.33. The first kappa shape index (κ1) is 8.89. The molecule has 0 aliphatic carbocycles. The Labute approximate surface area is 85.6 Å². The largest absolute Gasteiger partial charge is 0.335 e. The monoisotopic (exact) mass is 207 g/mol. The summed E-state index contributed by atoms with van der Waals surface area (Å²) >= 11 is 4.91. The van der Waals surface area contributed by atoms with Crippen LogP contribution in [0.3, 0.4) is 0 Å². The van der Waals surface area contributed by atoms with E-state index in [4.69, 9.17) is 18.1 Å². The maximum absolute atomic E-state index is 5.68. The van der Waals surface area contributed by atoms with Crippen molar-refractivity contribution in [1.29, 1.82) is 0 Å². The number of nitrogens with zero attached hydrogens (tertiary/aromatic N) is 3. The molecule has 6 heteroatoms. The molecule has 2 rings (SSSR count). The number of aryl methyl sites for hydroxylation is 1. The maximum atomic E-state index is 5.68. The van der Waals surface area contributed by atoms with Crippen LogP contribution in [0.4, 0.5) is 0 Å². The first-order valence-electron chi connectivity index (χ1n) is 4.04. The summed E-state index contributed by atoms with van der Waals surface area (Å²) in [6.07, 6.45) is 1.71. The lowest BCUT2D eigenvalue weighted by Crippen LogP contribution is -2.09. The zero-order valence-electron chi connectivity index (χ0n) is 7.56. The van der Waals surface area contributed by atoms with Gasteiger partial charge in [0.2, 0.25) is 4.77 Å². The molecule has 0 saturated heterocycles. The minimum atomic E-state index is 0.398. The van der Waals surface area contributed by atoms with Crippen molar-refractivity contribution in [2.75, 3.05) is 5.84 Å². The molecule has 0 bridgehead atoms. The molecule has 2 aromatic heterocycles. The zero-order chi connectivity index (χ0) is 10.1. The summed E-state index contributed by atoms with van der Waals surface area (Å²) in [5.74, 6) is 6.29. The second kappa shape index (κ2) is 3.22. The average molecular weight is 207 g/mol. The molecular weight excluding hydrogens is 198 g/mol. The number of H-pyrrole nitrogens is 1. The first-order chi connectivity index (χ1) is 6.68. The van der Waals surface area contributed by atoms with Gasteiger partial charge in [-0.15, -0.1) is 0 Å². The fraction of sp³-hybridized carbons (Fsp3) is 0.125. The van der Waals surface area contributed by atoms with Crippen LogP contribution in [0, 0.1) is 11.7 Å². The third kappa shape index (κ3) is 1.39. The molecule has 0 aliphatic heterocycles. The van der Waals surface area contributed by atoms with E-state index in [0.717, 1.165) is 11.3 Å². The fourth-order valence-electron chi connectivity index (χ4n) is 1.19. The first-order valence-corrected chi connectivity index (χ1v) is 4.45. The van der Waals surface area contributed by atoms with Crippen molar-refractivity contribution in [3.63, 3.8) is 0 Å². The molecule has 3 N–H and O–H groups in total. The van der Waals surface area contributed by atoms with Crippen LogP contribution < -0.4 is 5.84 Å². The Hall–Kier alpha value is -1.69. The molecule has 0 atom stereocenters. The van der Waals surface area contributed by atoms with E-state index in [2.05, 4.69) is 15.2 Å². The van der Waals surface area contributed by atoms with Crippen molar-refractivity contribution in [1.82, 2.24) is 19.9 Å². The van der Waals surface area contributed by atoms with E-state index < -0.39 is 0 Å². The van der Waals surface area contributed by atoms with Gasteiger partial charge in [0.05, 0.1) is 0 Å². The van der Waals surface area contributed by atoms with Crippen LogP contribution in [0.1, 0.15) is 5.69 Å². The Morgan fingerprint density at radius 3 is 2.93 bits per heavy atom. The second-order valence-corrected chi connectivity index (χ2v) is 3.29. The highest BCUT2D eigenvalue weighted by atomic mass is 32.1. The van der Waals surface area contributed by atoms with Crippen LogP contribution in [0.15, 0.2) is 18.3 Å². The van der Waals surface area contributed by atoms with E-state index >= 15 is 0 Å². The van der Waals surface area contributed by atoms with Crippen LogP contribution in [0.2, 0.25) is 0 Å². The highest BCUT2D eigenvalue weighted by Gasteiger charge is 2.05. The molecule has 0 radical (unpaired) electrons. The van der Waals surface area contributed by atoms with Crippen molar-refractivity contribution < 1.29 is 0 Å². The number of rotatable bonds is 1. The predicted molar refractivity (Wildman–Crippen MR) is 55.5 cm³/mol. The SMILES string of the molecule is Cc1cc(-c2n[nH]c(=S)n2N)ccn1. The molecule has 0 saturated carbocycles. The van der Waals surface area contributed by atoms with Crippen LogP contribution in [-0.4, -0.2) is 19.9 Å². The quantitative estimate of drug-likeness (QED) is 0.541. The molecule has 0 spiro atoms. The standard InChI is InChI=1S/C8H9N5S/c1-5-4-6(2-3-10-5)7-11-12-8(14)13(7)9/h2-4H,9H2,1H3,(H,12,14). The van der Waals surface area contributed by atoms with Crippen molar-refractivity contribution in [3.8, 4) is 11.4 Å². The molecule has 0 aliphatic rings. The predicted octanol–water partition coefficient (Wildman–Crippen LogP) is 1.02. The Kier molecular flexibility index (Phi) is 2.05. The molecule has 0 aromatic carbocycles. The number of aromatic nitrogens is 4. The lowest BCUT2D eigenvalue weighted by molar-refractivity contribution is 0.983.